The Hall–Kier alpha value is -0.670. The number of halogens is 3. The molecule has 0 aliphatic rings. The lowest BCUT2D eigenvalue weighted by Gasteiger charge is -2.16. The fourth-order valence-corrected chi connectivity index (χ4v) is 1.29. The number of benzene rings is 1. The van der Waals surface area contributed by atoms with Gasteiger partial charge < -0.3 is 5.32 Å². The Bertz CT molecular complexity index is 302. The Balaban J connectivity index is 2.80. The van der Waals surface area contributed by atoms with Gasteiger partial charge in [-0.2, -0.15) is 8.78 Å². The smallest absolute Gasteiger partial charge is 0.285 e. The Morgan fingerprint density at radius 3 is 2.71 bits per heavy atom. The number of alkyl halides is 2. The summed E-state index contributed by atoms with van der Waals surface area (Å²) in [5, 5.41) is 2.95. The predicted molar refractivity (Wildman–Crippen MR) is 53.9 cm³/mol. The van der Waals surface area contributed by atoms with Crippen LogP contribution in [0.5, 0.6) is 0 Å². The molecule has 0 atom stereocenters. The molecule has 1 N–H and O–H groups in total. The first-order chi connectivity index (χ1) is 6.56. The van der Waals surface area contributed by atoms with Crippen molar-refractivity contribution in [2.75, 3.05) is 13.1 Å². The molecule has 0 amide bonds. The van der Waals surface area contributed by atoms with Gasteiger partial charge in [0, 0.05) is 10.6 Å². The molecule has 0 spiro atoms. The highest BCUT2D eigenvalue weighted by Crippen LogP contribution is 2.28. The first-order valence-corrected chi connectivity index (χ1v) is 4.78. The fraction of sp³-hybridized carbons (Fsp3) is 0.400. The van der Waals surface area contributed by atoms with E-state index < -0.39 is 5.92 Å². The van der Waals surface area contributed by atoms with E-state index in [0.717, 1.165) is 0 Å². The molecule has 1 aromatic rings. The highest BCUT2D eigenvalue weighted by molar-refractivity contribution is 6.30. The summed E-state index contributed by atoms with van der Waals surface area (Å²) in [6.45, 7) is 1.95. The fourth-order valence-electron chi connectivity index (χ4n) is 1.10. The molecule has 0 radical (unpaired) electrons. The van der Waals surface area contributed by atoms with Crippen LogP contribution in [-0.4, -0.2) is 13.1 Å². The maximum Gasteiger partial charge on any atom is 0.285 e. The molecule has 0 heterocycles. The highest BCUT2D eigenvalue weighted by Gasteiger charge is 2.30. The Morgan fingerprint density at radius 2 is 2.14 bits per heavy atom. The molecule has 0 bridgehead atoms. The average Bonchev–Trinajstić information content (AvgIpc) is 2.15. The van der Waals surface area contributed by atoms with E-state index in [1.807, 2.05) is 0 Å². The zero-order valence-electron chi connectivity index (χ0n) is 7.86. The lowest BCUT2D eigenvalue weighted by molar-refractivity contribution is -0.00259. The minimum absolute atomic E-state index is 0.0500. The molecule has 1 rings (SSSR count). The zero-order chi connectivity index (χ0) is 10.6. The Kier molecular flexibility index (Phi) is 3.84. The van der Waals surface area contributed by atoms with E-state index in [-0.39, 0.29) is 12.1 Å². The van der Waals surface area contributed by atoms with Gasteiger partial charge in [-0.15, -0.1) is 0 Å². The zero-order valence-corrected chi connectivity index (χ0v) is 8.61. The van der Waals surface area contributed by atoms with Crippen molar-refractivity contribution in [2.24, 2.45) is 0 Å². The van der Waals surface area contributed by atoms with Gasteiger partial charge in [0.25, 0.3) is 5.92 Å². The first-order valence-electron chi connectivity index (χ1n) is 4.41. The second kappa shape index (κ2) is 4.71. The molecule has 0 fully saturated rings. The molecule has 1 aromatic carbocycles. The molecule has 0 aromatic heterocycles. The van der Waals surface area contributed by atoms with Crippen molar-refractivity contribution in [3.8, 4) is 0 Å². The molecule has 0 saturated heterocycles. The molecule has 1 nitrogen and oxygen atoms in total. The number of nitrogens with one attached hydrogen (secondary N) is 1. The highest BCUT2D eigenvalue weighted by atomic mass is 35.5. The third-order valence-corrected chi connectivity index (χ3v) is 2.08. The lowest BCUT2D eigenvalue weighted by atomic mass is 10.1. The van der Waals surface area contributed by atoms with Gasteiger partial charge in [0.15, 0.2) is 0 Å². The lowest BCUT2D eigenvalue weighted by Crippen LogP contribution is -2.30. The Morgan fingerprint density at radius 1 is 1.43 bits per heavy atom. The van der Waals surface area contributed by atoms with Gasteiger partial charge in [0.2, 0.25) is 0 Å². The number of hydrogen-bond donors (Lipinski definition) is 1. The summed E-state index contributed by atoms with van der Waals surface area (Å²) in [6.07, 6.45) is 0. The minimum atomic E-state index is -2.86. The molecule has 14 heavy (non-hydrogen) atoms. The van der Waals surface area contributed by atoms with Crippen molar-refractivity contribution in [3.05, 3.63) is 34.9 Å². The summed E-state index contributed by atoms with van der Waals surface area (Å²) in [4.78, 5) is 0. The summed E-state index contributed by atoms with van der Waals surface area (Å²) < 4.78 is 26.8. The van der Waals surface area contributed by atoms with Crippen LogP contribution >= 0.6 is 11.6 Å². The van der Waals surface area contributed by atoms with Crippen LogP contribution in [0.2, 0.25) is 5.02 Å². The summed E-state index contributed by atoms with van der Waals surface area (Å²) in [5.41, 5.74) is -0.0500. The summed E-state index contributed by atoms with van der Waals surface area (Å²) in [5.74, 6) is -2.86. The van der Waals surface area contributed by atoms with Crippen LogP contribution in [0.3, 0.4) is 0 Å². The monoisotopic (exact) mass is 219 g/mol. The maximum atomic E-state index is 13.4. The molecule has 0 aliphatic carbocycles. The van der Waals surface area contributed by atoms with Gasteiger partial charge in [0.1, 0.15) is 0 Å². The van der Waals surface area contributed by atoms with Crippen molar-refractivity contribution < 1.29 is 8.78 Å². The number of rotatable bonds is 4. The number of hydrogen-bond acceptors (Lipinski definition) is 1. The standard InChI is InChI=1S/C10H12ClF2N/c1-2-14-7-10(12,13)8-4-3-5-9(11)6-8/h3-6,14H,2,7H2,1H3. The molecule has 0 aliphatic heterocycles. The summed E-state index contributed by atoms with van der Waals surface area (Å²) in [6, 6.07) is 5.77. The van der Waals surface area contributed by atoms with Crippen LogP contribution in [0.15, 0.2) is 24.3 Å². The second-order valence-corrected chi connectivity index (χ2v) is 3.43. The van der Waals surface area contributed by atoms with Gasteiger partial charge in [-0.25, -0.2) is 0 Å². The van der Waals surface area contributed by atoms with Crippen molar-refractivity contribution in [3.63, 3.8) is 0 Å². The normalized spacial score (nSPS) is 11.7. The van der Waals surface area contributed by atoms with Gasteiger partial charge in [-0.05, 0) is 18.7 Å². The van der Waals surface area contributed by atoms with Crippen LogP contribution in [0.25, 0.3) is 0 Å². The quantitative estimate of drug-likeness (QED) is 0.821. The SMILES string of the molecule is CCNCC(F)(F)c1cccc(Cl)c1. The largest absolute Gasteiger partial charge is 0.311 e. The van der Waals surface area contributed by atoms with Gasteiger partial charge in [0.05, 0.1) is 6.54 Å². The molecule has 4 heteroatoms. The number of likely N-dealkylation sites (N-methyl/N-ethyl adjacent to an activating group) is 1. The van der Waals surface area contributed by atoms with Crippen molar-refractivity contribution >= 4 is 11.6 Å². The second-order valence-electron chi connectivity index (χ2n) is 3.00. The molecule has 0 saturated carbocycles. The van der Waals surface area contributed by atoms with Crippen molar-refractivity contribution in [2.45, 2.75) is 12.8 Å². The third-order valence-electron chi connectivity index (χ3n) is 1.84. The van der Waals surface area contributed by atoms with E-state index in [9.17, 15) is 8.78 Å². The average molecular weight is 220 g/mol. The van der Waals surface area contributed by atoms with E-state index in [1.54, 1.807) is 13.0 Å². The van der Waals surface area contributed by atoms with E-state index in [1.165, 1.54) is 18.2 Å². The molecule has 0 unspecified atom stereocenters. The van der Waals surface area contributed by atoms with E-state index >= 15 is 0 Å². The predicted octanol–water partition coefficient (Wildman–Crippen LogP) is 3.04. The minimum Gasteiger partial charge on any atom is -0.311 e. The van der Waals surface area contributed by atoms with Crippen molar-refractivity contribution in [1.82, 2.24) is 5.32 Å². The third kappa shape index (κ3) is 2.93. The van der Waals surface area contributed by atoms with E-state index in [4.69, 9.17) is 11.6 Å². The molecule has 78 valence electrons. The molecular formula is C10H12ClF2N. The maximum absolute atomic E-state index is 13.4. The Labute approximate surface area is 87.1 Å². The van der Waals surface area contributed by atoms with Crippen LogP contribution in [0.1, 0.15) is 12.5 Å². The van der Waals surface area contributed by atoms with Crippen LogP contribution in [0, 0.1) is 0 Å². The first kappa shape index (κ1) is 11.4. The summed E-state index contributed by atoms with van der Waals surface area (Å²) >= 11 is 5.63. The summed E-state index contributed by atoms with van der Waals surface area (Å²) in [7, 11) is 0. The van der Waals surface area contributed by atoms with Crippen LogP contribution in [0.4, 0.5) is 8.78 Å². The topological polar surface area (TPSA) is 12.0 Å². The molecular weight excluding hydrogens is 208 g/mol. The van der Waals surface area contributed by atoms with Crippen LogP contribution < -0.4 is 5.32 Å². The van der Waals surface area contributed by atoms with E-state index in [0.29, 0.717) is 11.6 Å². The van der Waals surface area contributed by atoms with Gasteiger partial charge in [-0.3, -0.25) is 0 Å². The van der Waals surface area contributed by atoms with Gasteiger partial charge in [-0.1, -0.05) is 30.7 Å². The van der Waals surface area contributed by atoms with Crippen molar-refractivity contribution in [1.29, 1.82) is 0 Å². The van der Waals surface area contributed by atoms with E-state index in [2.05, 4.69) is 5.32 Å². The van der Waals surface area contributed by atoms with Gasteiger partial charge >= 0.3 is 0 Å². The van der Waals surface area contributed by atoms with Crippen LogP contribution in [-0.2, 0) is 5.92 Å².